The van der Waals surface area contributed by atoms with Crippen molar-refractivity contribution in [3.8, 4) is 0 Å². The summed E-state index contributed by atoms with van der Waals surface area (Å²) in [5.41, 5.74) is 2.16. The van der Waals surface area contributed by atoms with Crippen molar-refractivity contribution < 1.29 is 13.9 Å². The maximum absolute atomic E-state index is 5.93. The fourth-order valence-electron chi connectivity index (χ4n) is 2.30. The van der Waals surface area contributed by atoms with Crippen molar-refractivity contribution in [2.24, 2.45) is 0 Å². The minimum Gasteiger partial charge on any atom is -0.458 e. The Morgan fingerprint density at radius 3 is 2.90 bits per heavy atom. The third-order valence-corrected chi connectivity index (χ3v) is 3.59. The van der Waals surface area contributed by atoms with Crippen LogP contribution >= 0.6 is 0 Å². The van der Waals surface area contributed by atoms with Crippen LogP contribution in [0.15, 0.2) is 28.7 Å². The van der Waals surface area contributed by atoms with Gasteiger partial charge in [0, 0.05) is 30.6 Å². The van der Waals surface area contributed by atoms with Gasteiger partial charge >= 0.3 is 0 Å². The molecule has 1 heterocycles. The van der Waals surface area contributed by atoms with Crippen molar-refractivity contribution in [2.45, 2.75) is 32.0 Å². The molecule has 4 nitrogen and oxygen atoms in total. The Morgan fingerprint density at radius 1 is 1.25 bits per heavy atom. The highest BCUT2D eigenvalue weighted by atomic mass is 16.5. The van der Waals surface area contributed by atoms with Crippen LogP contribution in [0.4, 0.5) is 0 Å². The lowest BCUT2D eigenvalue weighted by molar-refractivity contribution is 0.0539. The molecule has 1 fully saturated rings. The molecular formula is C16H21NO3. The van der Waals surface area contributed by atoms with Crippen molar-refractivity contribution >= 4 is 11.0 Å². The molecule has 0 bridgehead atoms. The second-order valence-corrected chi connectivity index (χ2v) is 5.20. The maximum Gasteiger partial charge on any atom is 0.135 e. The highest BCUT2D eigenvalue weighted by Gasteiger charge is 2.22. The minimum atomic E-state index is 0.500. The number of rotatable bonds is 8. The van der Waals surface area contributed by atoms with E-state index < -0.39 is 0 Å². The normalized spacial score (nSPS) is 15.1. The molecule has 0 saturated heterocycles. The van der Waals surface area contributed by atoms with Crippen LogP contribution in [0, 0.1) is 0 Å². The first kappa shape index (κ1) is 13.6. The Labute approximate surface area is 119 Å². The van der Waals surface area contributed by atoms with Gasteiger partial charge in [-0.15, -0.1) is 0 Å². The Morgan fingerprint density at radius 2 is 2.10 bits per heavy atom. The number of ether oxygens (including phenoxy) is 2. The summed E-state index contributed by atoms with van der Waals surface area (Å²) in [7, 11) is 1.68. The van der Waals surface area contributed by atoms with Gasteiger partial charge in [0.25, 0.3) is 0 Å². The largest absolute Gasteiger partial charge is 0.458 e. The Bertz CT molecular complexity index is 560. The molecule has 1 aromatic carbocycles. The second kappa shape index (κ2) is 6.39. The first-order chi connectivity index (χ1) is 9.88. The van der Waals surface area contributed by atoms with E-state index in [0.717, 1.165) is 17.9 Å². The van der Waals surface area contributed by atoms with Crippen LogP contribution in [-0.4, -0.2) is 26.4 Å². The van der Waals surface area contributed by atoms with E-state index in [9.17, 15) is 0 Å². The number of benzene rings is 1. The topological polar surface area (TPSA) is 43.6 Å². The molecule has 1 aliphatic rings. The standard InChI is InChI=1S/C16H21NO3/c1-18-8-9-19-11-16-14(10-17-12-6-7-12)13-4-2-3-5-15(13)20-16/h2-5,12,17H,6-11H2,1H3. The van der Waals surface area contributed by atoms with Gasteiger partial charge in [0.2, 0.25) is 0 Å². The number of methoxy groups -OCH3 is 1. The lowest BCUT2D eigenvalue weighted by Crippen LogP contribution is -2.16. The van der Waals surface area contributed by atoms with Crippen LogP contribution in [0.25, 0.3) is 11.0 Å². The van der Waals surface area contributed by atoms with Crippen LogP contribution in [0.2, 0.25) is 0 Å². The van der Waals surface area contributed by atoms with Gasteiger partial charge in [-0.05, 0) is 18.9 Å². The van der Waals surface area contributed by atoms with Gasteiger partial charge in [0.15, 0.2) is 0 Å². The van der Waals surface area contributed by atoms with E-state index >= 15 is 0 Å². The molecule has 0 aliphatic heterocycles. The van der Waals surface area contributed by atoms with Gasteiger partial charge in [-0.1, -0.05) is 18.2 Å². The molecule has 20 heavy (non-hydrogen) atoms. The summed E-state index contributed by atoms with van der Waals surface area (Å²) < 4.78 is 16.5. The highest BCUT2D eigenvalue weighted by molar-refractivity contribution is 5.82. The lowest BCUT2D eigenvalue weighted by Gasteiger charge is -2.05. The van der Waals surface area contributed by atoms with Gasteiger partial charge in [0.05, 0.1) is 13.2 Å². The molecule has 108 valence electrons. The van der Waals surface area contributed by atoms with Gasteiger partial charge in [-0.3, -0.25) is 0 Å². The number of hydrogen-bond acceptors (Lipinski definition) is 4. The molecule has 1 saturated carbocycles. The first-order valence-electron chi connectivity index (χ1n) is 7.18. The van der Waals surface area contributed by atoms with E-state index in [1.54, 1.807) is 7.11 Å². The van der Waals surface area contributed by atoms with Crippen molar-refractivity contribution in [3.63, 3.8) is 0 Å². The quantitative estimate of drug-likeness (QED) is 0.752. The molecule has 0 radical (unpaired) electrons. The molecule has 0 spiro atoms. The van der Waals surface area contributed by atoms with E-state index in [0.29, 0.717) is 25.9 Å². The summed E-state index contributed by atoms with van der Waals surface area (Å²) in [6.07, 6.45) is 2.57. The predicted octanol–water partition coefficient (Wildman–Crippen LogP) is 2.85. The molecule has 0 atom stereocenters. The Balaban J connectivity index is 1.74. The van der Waals surface area contributed by atoms with Crippen molar-refractivity contribution in [2.75, 3.05) is 20.3 Å². The van der Waals surface area contributed by atoms with Gasteiger partial charge in [-0.2, -0.15) is 0 Å². The summed E-state index contributed by atoms with van der Waals surface area (Å²) >= 11 is 0. The molecule has 0 amide bonds. The number of furan rings is 1. The van der Waals surface area contributed by atoms with E-state index in [-0.39, 0.29) is 0 Å². The second-order valence-electron chi connectivity index (χ2n) is 5.20. The molecule has 0 unspecified atom stereocenters. The summed E-state index contributed by atoms with van der Waals surface area (Å²) in [6, 6.07) is 8.86. The summed E-state index contributed by atoms with van der Waals surface area (Å²) in [6.45, 7) is 2.54. The van der Waals surface area contributed by atoms with Gasteiger partial charge in [0.1, 0.15) is 18.0 Å². The lowest BCUT2D eigenvalue weighted by atomic mass is 10.1. The highest BCUT2D eigenvalue weighted by Crippen LogP contribution is 2.28. The maximum atomic E-state index is 5.93. The average molecular weight is 275 g/mol. The zero-order valence-electron chi connectivity index (χ0n) is 11.9. The van der Waals surface area contributed by atoms with E-state index in [1.165, 1.54) is 23.8 Å². The van der Waals surface area contributed by atoms with E-state index in [2.05, 4.69) is 11.4 Å². The fourth-order valence-corrected chi connectivity index (χ4v) is 2.30. The monoisotopic (exact) mass is 275 g/mol. The number of para-hydroxylation sites is 1. The molecule has 1 aliphatic carbocycles. The third kappa shape index (κ3) is 3.20. The predicted molar refractivity (Wildman–Crippen MR) is 77.6 cm³/mol. The zero-order chi connectivity index (χ0) is 13.8. The fraction of sp³-hybridized carbons (Fsp3) is 0.500. The average Bonchev–Trinajstić information content (AvgIpc) is 3.23. The first-order valence-corrected chi connectivity index (χ1v) is 7.18. The summed E-state index contributed by atoms with van der Waals surface area (Å²) in [5, 5.41) is 4.74. The van der Waals surface area contributed by atoms with Crippen LogP contribution in [0.3, 0.4) is 0 Å². The van der Waals surface area contributed by atoms with Crippen molar-refractivity contribution in [3.05, 3.63) is 35.6 Å². The van der Waals surface area contributed by atoms with Crippen molar-refractivity contribution in [1.29, 1.82) is 0 Å². The molecular weight excluding hydrogens is 254 g/mol. The number of hydrogen-bond donors (Lipinski definition) is 1. The zero-order valence-corrected chi connectivity index (χ0v) is 11.9. The van der Waals surface area contributed by atoms with E-state index in [1.807, 2.05) is 18.2 Å². The van der Waals surface area contributed by atoms with Crippen LogP contribution < -0.4 is 5.32 Å². The minimum absolute atomic E-state index is 0.500. The summed E-state index contributed by atoms with van der Waals surface area (Å²) in [5.74, 6) is 0.926. The number of fused-ring (bicyclic) bond motifs is 1. The Hall–Kier alpha value is -1.36. The third-order valence-electron chi connectivity index (χ3n) is 3.59. The number of nitrogens with one attached hydrogen (secondary N) is 1. The molecule has 2 aromatic rings. The van der Waals surface area contributed by atoms with Crippen LogP contribution in [0.1, 0.15) is 24.2 Å². The molecule has 4 heteroatoms. The van der Waals surface area contributed by atoms with Gasteiger partial charge < -0.3 is 19.2 Å². The Kier molecular flexibility index (Phi) is 4.35. The molecule has 1 aromatic heterocycles. The van der Waals surface area contributed by atoms with Crippen LogP contribution in [-0.2, 0) is 22.6 Å². The SMILES string of the molecule is COCCOCc1oc2ccccc2c1CNC1CC1. The molecule has 1 N–H and O–H groups in total. The summed E-state index contributed by atoms with van der Waals surface area (Å²) in [4.78, 5) is 0. The van der Waals surface area contributed by atoms with Crippen LogP contribution in [0.5, 0.6) is 0 Å². The van der Waals surface area contributed by atoms with Crippen molar-refractivity contribution in [1.82, 2.24) is 5.32 Å². The smallest absolute Gasteiger partial charge is 0.135 e. The van der Waals surface area contributed by atoms with E-state index in [4.69, 9.17) is 13.9 Å². The molecule has 3 rings (SSSR count). The van der Waals surface area contributed by atoms with Gasteiger partial charge in [-0.25, -0.2) is 0 Å².